The highest BCUT2D eigenvalue weighted by molar-refractivity contribution is 9.10. The van der Waals surface area contributed by atoms with Crippen molar-refractivity contribution in [2.75, 3.05) is 6.54 Å². The van der Waals surface area contributed by atoms with Gasteiger partial charge < -0.3 is 15.5 Å². The molecule has 1 atom stereocenters. The lowest BCUT2D eigenvalue weighted by molar-refractivity contribution is 0.123. The second-order valence-corrected chi connectivity index (χ2v) is 5.13. The van der Waals surface area contributed by atoms with Crippen molar-refractivity contribution in [2.24, 2.45) is 5.92 Å². The number of aromatic hydroxyl groups is 1. The minimum atomic E-state index is -0.353. The maximum absolute atomic E-state index is 9.59. The first-order chi connectivity index (χ1) is 7.50. The third-order valence-electron chi connectivity index (χ3n) is 2.48. The molecule has 0 amide bonds. The molecule has 0 aliphatic carbocycles. The lowest BCUT2D eigenvalue weighted by atomic mass is 10.1. The van der Waals surface area contributed by atoms with Gasteiger partial charge in [0.2, 0.25) is 0 Å². The number of rotatable bonds is 5. The third-order valence-corrected chi connectivity index (χ3v) is 2.97. The van der Waals surface area contributed by atoms with Gasteiger partial charge >= 0.3 is 0 Å². The molecule has 0 aliphatic heterocycles. The molecule has 0 bridgehead atoms. The van der Waals surface area contributed by atoms with Gasteiger partial charge in [-0.3, -0.25) is 0 Å². The van der Waals surface area contributed by atoms with E-state index in [1.807, 2.05) is 19.9 Å². The third kappa shape index (κ3) is 4.12. The zero-order valence-electron chi connectivity index (χ0n) is 9.57. The summed E-state index contributed by atoms with van der Waals surface area (Å²) in [6.07, 6.45) is -0.353. The van der Waals surface area contributed by atoms with Crippen molar-refractivity contribution in [3.63, 3.8) is 0 Å². The maximum Gasteiger partial charge on any atom is 0.120 e. The van der Waals surface area contributed by atoms with E-state index in [2.05, 4.69) is 21.2 Å². The van der Waals surface area contributed by atoms with Crippen LogP contribution in [-0.2, 0) is 6.54 Å². The monoisotopic (exact) mass is 287 g/mol. The molecule has 0 aliphatic rings. The number of nitrogens with one attached hydrogen (secondary N) is 1. The molecule has 0 aromatic heterocycles. The molecule has 3 nitrogen and oxygen atoms in total. The van der Waals surface area contributed by atoms with E-state index >= 15 is 0 Å². The van der Waals surface area contributed by atoms with Gasteiger partial charge in [-0.25, -0.2) is 0 Å². The largest absolute Gasteiger partial charge is 0.508 e. The summed E-state index contributed by atoms with van der Waals surface area (Å²) in [5.74, 6) is 0.512. The summed E-state index contributed by atoms with van der Waals surface area (Å²) in [6, 6.07) is 5.31. The summed E-state index contributed by atoms with van der Waals surface area (Å²) in [7, 11) is 0. The Morgan fingerprint density at radius 1 is 1.38 bits per heavy atom. The number of aliphatic hydroxyl groups is 1. The first-order valence-corrected chi connectivity index (χ1v) is 6.16. The van der Waals surface area contributed by atoms with Crippen LogP contribution in [0.25, 0.3) is 0 Å². The Kier molecular flexibility index (Phi) is 5.25. The molecule has 0 heterocycles. The zero-order valence-corrected chi connectivity index (χ0v) is 11.2. The van der Waals surface area contributed by atoms with Gasteiger partial charge in [0.05, 0.1) is 6.10 Å². The number of halogens is 1. The van der Waals surface area contributed by atoms with Gasteiger partial charge in [0.15, 0.2) is 0 Å². The van der Waals surface area contributed by atoms with Crippen molar-refractivity contribution in [2.45, 2.75) is 26.5 Å². The van der Waals surface area contributed by atoms with E-state index in [0.717, 1.165) is 10.0 Å². The van der Waals surface area contributed by atoms with Crippen LogP contribution in [0, 0.1) is 5.92 Å². The summed E-state index contributed by atoms with van der Waals surface area (Å²) in [6.45, 7) is 5.03. The molecule has 90 valence electrons. The second-order valence-electron chi connectivity index (χ2n) is 4.22. The van der Waals surface area contributed by atoms with Crippen LogP contribution in [0.5, 0.6) is 5.75 Å². The SMILES string of the molecule is CC(C)C(O)CNCc1cc(Br)ccc1O. The molecule has 16 heavy (non-hydrogen) atoms. The Labute approximate surface area is 105 Å². The fourth-order valence-corrected chi connectivity index (χ4v) is 1.69. The van der Waals surface area contributed by atoms with Crippen molar-refractivity contribution in [3.8, 4) is 5.75 Å². The van der Waals surface area contributed by atoms with Crippen LogP contribution < -0.4 is 5.32 Å². The Hall–Kier alpha value is -0.580. The van der Waals surface area contributed by atoms with E-state index in [9.17, 15) is 10.2 Å². The number of hydrogen-bond donors (Lipinski definition) is 3. The van der Waals surface area contributed by atoms with Gasteiger partial charge in [-0.1, -0.05) is 29.8 Å². The topological polar surface area (TPSA) is 52.5 Å². The number of aliphatic hydroxyl groups excluding tert-OH is 1. The minimum absolute atomic E-state index is 0.239. The van der Waals surface area contributed by atoms with Crippen LogP contribution in [-0.4, -0.2) is 22.9 Å². The molecule has 0 saturated heterocycles. The Balaban J connectivity index is 2.45. The highest BCUT2D eigenvalue weighted by Crippen LogP contribution is 2.21. The average Bonchev–Trinajstić information content (AvgIpc) is 2.22. The molecule has 0 spiro atoms. The maximum atomic E-state index is 9.59. The number of phenols is 1. The second kappa shape index (κ2) is 6.23. The predicted molar refractivity (Wildman–Crippen MR) is 68.4 cm³/mol. The molecular formula is C12H18BrNO2. The Bertz CT molecular complexity index is 342. The van der Waals surface area contributed by atoms with Crippen LogP contribution in [0.2, 0.25) is 0 Å². The summed E-state index contributed by atoms with van der Waals surface area (Å²) < 4.78 is 0.937. The van der Waals surface area contributed by atoms with Crippen LogP contribution >= 0.6 is 15.9 Å². The lowest BCUT2D eigenvalue weighted by Crippen LogP contribution is -2.30. The van der Waals surface area contributed by atoms with E-state index in [1.54, 1.807) is 12.1 Å². The summed E-state index contributed by atoms with van der Waals surface area (Å²) in [5.41, 5.74) is 0.824. The van der Waals surface area contributed by atoms with E-state index in [-0.39, 0.29) is 17.8 Å². The fraction of sp³-hybridized carbons (Fsp3) is 0.500. The fourth-order valence-electron chi connectivity index (χ4n) is 1.29. The minimum Gasteiger partial charge on any atom is -0.508 e. The molecule has 1 rings (SSSR count). The van der Waals surface area contributed by atoms with E-state index in [0.29, 0.717) is 13.1 Å². The van der Waals surface area contributed by atoms with Gasteiger partial charge in [0.25, 0.3) is 0 Å². The lowest BCUT2D eigenvalue weighted by Gasteiger charge is -2.15. The number of phenolic OH excluding ortho intramolecular Hbond substituents is 1. The standard InChI is InChI=1S/C12H18BrNO2/c1-8(2)12(16)7-14-6-9-5-10(13)3-4-11(9)15/h3-5,8,12,14-16H,6-7H2,1-2H3. The van der Waals surface area contributed by atoms with E-state index in [4.69, 9.17) is 0 Å². The van der Waals surface area contributed by atoms with Crippen LogP contribution in [0.1, 0.15) is 19.4 Å². The van der Waals surface area contributed by atoms with Gasteiger partial charge in [-0.05, 0) is 24.1 Å². The molecule has 0 radical (unpaired) electrons. The summed E-state index contributed by atoms with van der Waals surface area (Å²) >= 11 is 3.35. The van der Waals surface area contributed by atoms with Crippen molar-refractivity contribution >= 4 is 15.9 Å². The molecule has 1 unspecified atom stereocenters. The van der Waals surface area contributed by atoms with Crippen LogP contribution in [0.4, 0.5) is 0 Å². The van der Waals surface area contributed by atoms with Gasteiger partial charge in [-0.15, -0.1) is 0 Å². The first kappa shape index (κ1) is 13.5. The number of benzene rings is 1. The predicted octanol–water partition coefficient (Wildman–Crippen LogP) is 2.26. The van der Waals surface area contributed by atoms with E-state index in [1.165, 1.54) is 0 Å². The molecule has 0 saturated carbocycles. The van der Waals surface area contributed by atoms with Gasteiger partial charge in [0.1, 0.15) is 5.75 Å². The van der Waals surface area contributed by atoms with Crippen molar-refractivity contribution < 1.29 is 10.2 Å². The smallest absolute Gasteiger partial charge is 0.120 e. The van der Waals surface area contributed by atoms with Crippen molar-refractivity contribution in [1.29, 1.82) is 0 Å². The Morgan fingerprint density at radius 2 is 2.06 bits per heavy atom. The number of hydrogen-bond acceptors (Lipinski definition) is 3. The molecule has 3 N–H and O–H groups in total. The quantitative estimate of drug-likeness (QED) is 0.779. The van der Waals surface area contributed by atoms with Gasteiger partial charge in [-0.2, -0.15) is 0 Å². The molecule has 4 heteroatoms. The van der Waals surface area contributed by atoms with Crippen molar-refractivity contribution in [3.05, 3.63) is 28.2 Å². The first-order valence-electron chi connectivity index (χ1n) is 5.37. The normalized spacial score (nSPS) is 13.1. The molecular weight excluding hydrogens is 270 g/mol. The summed E-state index contributed by atoms with van der Waals surface area (Å²) in [5, 5.41) is 22.3. The zero-order chi connectivity index (χ0) is 12.1. The van der Waals surface area contributed by atoms with E-state index < -0.39 is 0 Å². The van der Waals surface area contributed by atoms with Crippen LogP contribution in [0.15, 0.2) is 22.7 Å². The van der Waals surface area contributed by atoms with Gasteiger partial charge in [0, 0.05) is 23.1 Å². The molecule has 1 aromatic rings. The summed E-state index contributed by atoms with van der Waals surface area (Å²) in [4.78, 5) is 0. The molecule has 1 aromatic carbocycles. The molecule has 0 fully saturated rings. The van der Waals surface area contributed by atoms with Crippen LogP contribution in [0.3, 0.4) is 0 Å². The highest BCUT2D eigenvalue weighted by Gasteiger charge is 2.08. The average molecular weight is 288 g/mol. The Morgan fingerprint density at radius 3 is 2.69 bits per heavy atom. The highest BCUT2D eigenvalue weighted by atomic mass is 79.9. The van der Waals surface area contributed by atoms with Crippen molar-refractivity contribution in [1.82, 2.24) is 5.32 Å².